The van der Waals surface area contributed by atoms with E-state index in [1.54, 1.807) is 13.2 Å². The molecule has 0 spiro atoms. The number of hydrogen-bond donors (Lipinski definition) is 2. The van der Waals surface area contributed by atoms with Gasteiger partial charge in [-0.15, -0.1) is 0 Å². The Labute approximate surface area is 108 Å². The molecule has 3 N–H and O–H groups in total. The van der Waals surface area contributed by atoms with Gasteiger partial charge in [-0.1, -0.05) is 19.3 Å². The lowest BCUT2D eigenvalue weighted by atomic mass is 9.95. The van der Waals surface area contributed by atoms with E-state index >= 15 is 0 Å². The average molecular weight is 248 g/mol. The first-order valence-corrected chi connectivity index (χ1v) is 6.45. The highest BCUT2D eigenvalue weighted by Crippen LogP contribution is 2.26. The zero-order valence-corrected chi connectivity index (χ0v) is 10.7. The minimum atomic E-state index is -0.462. The van der Waals surface area contributed by atoms with Crippen molar-refractivity contribution in [2.24, 2.45) is 5.73 Å². The lowest BCUT2D eigenvalue weighted by Crippen LogP contribution is -2.22. The van der Waals surface area contributed by atoms with Crippen LogP contribution in [0.2, 0.25) is 0 Å². The molecule has 1 aromatic carbocycles. The summed E-state index contributed by atoms with van der Waals surface area (Å²) in [6.07, 6.45) is 6.32. The SMILES string of the molecule is COc1cc(NC2CCCCC2)ccc1C(N)=O. The second kappa shape index (κ2) is 5.76. The first kappa shape index (κ1) is 12.7. The number of hydrogen-bond acceptors (Lipinski definition) is 3. The average Bonchev–Trinajstić information content (AvgIpc) is 2.39. The third-order valence-corrected chi connectivity index (χ3v) is 3.44. The van der Waals surface area contributed by atoms with Gasteiger partial charge >= 0.3 is 0 Å². The van der Waals surface area contributed by atoms with Gasteiger partial charge in [-0.3, -0.25) is 4.79 Å². The fourth-order valence-electron chi connectivity index (χ4n) is 2.47. The van der Waals surface area contributed by atoms with Gasteiger partial charge in [0.1, 0.15) is 5.75 Å². The van der Waals surface area contributed by atoms with Crippen LogP contribution in [-0.2, 0) is 0 Å². The second-order valence-corrected chi connectivity index (χ2v) is 4.76. The van der Waals surface area contributed by atoms with Gasteiger partial charge in [0, 0.05) is 17.8 Å². The summed E-state index contributed by atoms with van der Waals surface area (Å²) in [4.78, 5) is 11.2. The van der Waals surface area contributed by atoms with Crippen molar-refractivity contribution in [3.8, 4) is 5.75 Å². The van der Waals surface area contributed by atoms with E-state index in [2.05, 4.69) is 5.32 Å². The van der Waals surface area contributed by atoms with Gasteiger partial charge in [-0.2, -0.15) is 0 Å². The van der Waals surface area contributed by atoms with Crippen LogP contribution in [0.15, 0.2) is 18.2 Å². The van der Waals surface area contributed by atoms with Gasteiger partial charge < -0.3 is 15.8 Å². The molecule has 4 heteroatoms. The lowest BCUT2D eigenvalue weighted by molar-refractivity contribution is 0.0997. The molecule has 0 atom stereocenters. The molecule has 1 aliphatic carbocycles. The molecule has 0 unspecified atom stereocenters. The molecule has 0 heterocycles. The first-order valence-electron chi connectivity index (χ1n) is 6.45. The van der Waals surface area contributed by atoms with Crippen LogP contribution in [0.3, 0.4) is 0 Å². The molecular formula is C14H20N2O2. The smallest absolute Gasteiger partial charge is 0.252 e. The maximum absolute atomic E-state index is 11.2. The summed E-state index contributed by atoms with van der Waals surface area (Å²) < 4.78 is 5.20. The van der Waals surface area contributed by atoms with Gasteiger partial charge in [-0.05, 0) is 25.0 Å². The van der Waals surface area contributed by atoms with Crippen molar-refractivity contribution in [1.29, 1.82) is 0 Å². The maximum atomic E-state index is 11.2. The number of nitrogens with one attached hydrogen (secondary N) is 1. The number of carbonyl (C=O) groups excluding carboxylic acids is 1. The first-order chi connectivity index (χ1) is 8.70. The molecule has 0 radical (unpaired) electrons. The van der Waals surface area contributed by atoms with Crippen LogP contribution in [0.5, 0.6) is 5.75 Å². The number of carbonyl (C=O) groups is 1. The summed E-state index contributed by atoms with van der Waals surface area (Å²) in [5, 5.41) is 3.49. The Kier molecular flexibility index (Phi) is 4.07. The Balaban J connectivity index is 2.11. The predicted molar refractivity (Wildman–Crippen MR) is 72.0 cm³/mol. The van der Waals surface area contributed by atoms with Crippen LogP contribution in [0.25, 0.3) is 0 Å². The molecule has 0 bridgehead atoms. The minimum Gasteiger partial charge on any atom is -0.496 e. The molecule has 0 aromatic heterocycles. The molecule has 1 fully saturated rings. The Morgan fingerprint density at radius 2 is 2.06 bits per heavy atom. The molecule has 18 heavy (non-hydrogen) atoms. The van der Waals surface area contributed by atoms with Gasteiger partial charge in [0.2, 0.25) is 0 Å². The van der Waals surface area contributed by atoms with E-state index in [0.717, 1.165) is 5.69 Å². The van der Waals surface area contributed by atoms with Gasteiger partial charge in [-0.25, -0.2) is 0 Å². The van der Waals surface area contributed by atoms with E-state index in [1.165, 1.54) is 32.1 Å². The highest BCUT2D eigenvalue weighted by Gasteiger charge is 2.14. The molecule has 98 valence electrons. The fourth-order valence-corrected chi connectivity index (χ4v) is 2.47. The molecule has 0 aliphatic heterocycles. The van der Waals surface area contributed by atoms with E-state index in [9.17, 15) is 4.79 Å². The number of amides is 1. The topological polar surface area (TPSA) is 64.3 Å². The Morgan fingerprint density at radius 1 is 1.33 bits per heavy atom. The fraction of sp³-hybridized carbons (Fsp3) is 0.500. The van der Waals surface area contributed by atoms with Gasteiger partial charge in [0.25, 0.3) is 5.91 Å². The van der Waals surface area contributed by atoms with Crippen molar-refractivity contribution in [3.05, 3.63) is 23.8 Å². The number of ether oxygens (including phenoxy) is 1. The largest absolute Gasteiger partial charge is 0.496 e. The van der Waals surface area contributed by atoms with Gasteiger partial charge in [0.15, 0.2) is 0 Å². The maximum Gasteiger partial charge on any atom is 0.252 e. The van der Waals surface area contributed by atoms with E-state index in [0.29, 0.717) is 17.4 Å². The molecular weight excluding hydrogens is 228 g/mol. The number of rotatable bonds is 4. The zero-order chi connectivity index (χ0) is 13.0. The van der Waals surface area contributed by atoms with Crippen LogP contribution in [-0.4, -0.2) is 19.1 Å². The van der Waals surface area contributed by atoms with Crippen molar-refractivity contribution in [2.75, 3.05) is 12.4 Å². The summed E-state index contributed by atoms with van der Waals surface area (Å²) >= 11 is 0. The van der Waals surface area contributed by atoms with Crippen molar-refractivity contribution < 1.29 is 9.53 Å². The lowest BCUT2D eigenvalue weighted by Gasteiger charge is -2.24. The number of methoxy groups -OCH3 is 1. The van der Waals surface area contributed by atoms with Gasteiger partial charge in [0.05, 0.1) is 12.7 Å². The predicted octanol–water partition coefficient (Wildman–Crippen LogP) is 2.54. The quantitative estimate of drug-likeness (QED) is 0.860. The molecule has 1 saturated carbocycles. The van der Waals surface area contributed by atoms with Crippen LogP contribution >= 0.6 is 0 Å². The molecule has 1 aromatic rings. The summed E-state index contributed by atoms with van der Waals surface area (Å²) in [6.45, 7) is 0. The number of nitrogens with two attached hydrogens (primary N) is 1. The zero-order valence-electron chi connectivity index (χ0n) is 10.7. The molecule has 0 saturated heterocycles. The van der Waals surface area contributed by atoms with Crippen LogP contribution < -0.4 is 15.8 Å². The highest BCUT2D eigenvalue weighted by atomic mass is 16.5. The molecule has 1 aliphatic rings. The van der Waals surface area contributed by atoms with E-state index in [4.69, 9.17) is 10.5 Å². The number of anilines is 1. The van der Waals surface area contributed by atoms with Crippen molar-refractivity contribution in [3.63, 3.8) is 0 Å². The second-order valence-electron chi connectivity index (χ2n) is 4.76. The van der Waals surface area contributed by atoms with E-state index < -0.39 is 5.91 Å². The molecule has 2 rings (SSSR count). The molecule has 4 nitrogen and oxygen atoms in total. The molecule has 1 amide bonds. The van der Waals surface area contributed by atoms with Crippen molar-refractivity contribution in [2.45, 2.75) is 38.1 Å². The van der Waals surface area contributed by atoms with Crippen LogP contribution in [0.1, 0.15) is 42.5 Å². The summed E-state index contributed by atoms with van der Waals surface area (Å²) in [6, 6.07) is 5.97. The Bertz CT molecular complexity index is 426. The van der Waals surface area contributed by atoms with Crippen molar-refractivity contribution in [1.82, 2.24) is 0 Å². The number of benzene rings is 1. The third kappa shape index (κ3) is 2.94. The van der Waals surface area contributed by atoms with Crippen LogP contribution in [0, 0.1) is 0 Å². The minimum absolute atomic E-state index is 0.423. The normalized spacial score (nSPS) is 16.3. The number of primary amides is 1. The van der Waals surface area contributed by atoms with E-state index in [-0.39, 0.29) is 0 Å². The monoisotopic (exact) mass is 248 g/mol. The van der Waals surface area contributed by atoms with Crippen molar-refractivity contribution >= 4 is 11.6 Å². The Hall–Kier alpha value is -1.71. The summed E-state index contributed by atoms with van der Waals surface area (Å²) in [7, 11) is 1.55. The standard InChI is InChI=1S/C14H20N2O2/c1-18-13-9-11(7-8-12(13)14(15)17)16-10-5-3-2-4-6-10/h7-10,16H,2-6H2,1H3,(H2,15,17). The summed E-state index contributed by atoms with van der Waals surface area (Å²) in [5.41, 5.74) is 6.70. The third-order valence-electron chi connectivity index (χ3n) is 3.44. The Morgan fingerprint density at radius 3 is 2.67 bits per heavy atom. The summed E-state index contributed by atoms with van der Waals surface area (Å²) in [5.74, 6) is 0.0689. The van der Waals surface area contributed by atoms with Crippen LogP contribution in [0.4, 0.5) is 5.69 Å². The van der Waals surface area contributed by atoms with E-state index in [1.807, 2.05) is 12.1 Å². The highest BCUT2D eigenvalue weighted by molar-refractivity contribution is 5.96.